The molecule has 1 aliphatic rings. The van der Waals surface area contributed by atoms with Gasteiger partial charge in [-0.15, -0.1) is 0 Å². The van der Waals surface area contributed by atoms with Crippen LogP contribution in [0.5, 0.6) is 5.75 Å². The van der Waals surface area contributed by atoms with E-state index in [1.54, 1.807) is 36.4 Å². The van der Waals surface area contributed by atoms with Gasteiger partial charge in [0.1, 0.15) is 17.1 Å². The number of nitrogens with zero attached hydrogens (tertiary/aromatic N) is 1. The molecule has 1 aliphatic heterocycles. The van der Waals surface area contributed by atoms with Crippen molar-refractivity contribution < 1.29 is 18.7 Å². The van der Waals surface area contributed by atoms with Gasteiger partial charge in [-0.25, -0.2) is 4.39 Å². The van der Waals surface area contributed by atoms with Crippen molar-refractivity contribution in [2.45, 2.75) is 12.6 Å². The summed E-state index contributed by atoms with van der Waals surface area (Å²) in [4.78, 5) is 28.2. The Bertz CT molecular complexity index is 1380. The second kappa shape index (κ2) is 7.25. The Hall–Kier alpha value is -3.64. The third kappa shape index (κ3) is 3.25. The lowest BCUT2D eigenvalue weighted by atomic mass is 9.98. The minimum Gasteiger partial charge on any atom is -0.508 e. The summed E-state index contributed by atoms with van der Waals surface area (Å²) in [5.41, 5.74) is 1.49. The summed E-state index contributed by atoms with van der Waals surface area (Å²) in [5, 5.41) is 10.4. The van der Waals surface area contributed by atoms with E-state index < -0.39 is 11.9 Å². The third-order valence-electron chi connectivity index (χ3n) is 5.40. The number of hydrogen-bond donors (Lipinski definition) is 1. The lowest BCUT2D eigenvalue weighted by molar-refractivity contribution is 0.0714. The minimum absolute atomic E-state index is 0.0278. The zero-order valence-electron chi connectivity index (χ0n) is 16.0. The standard InChI is InChI=1S/C24H15ClFNO4/c25-15-5-10-19-18(11-15)22(29)20-21(14-3-8-17(28)9-4-14)27(24(30)23(20)31-19)12-13-1-6-16(26)7-2-13/h1-11,21,28H,12H2. The molecular weight excluding hydrogens is 421 g/mol. The molecule has 5 rings (SSSR count). The molecule has 0 fully saturated rings. The van der Waals surface area contributed by atoms with Gasteiger partial charge < -0.3 is 14.4 Å². The fourth-order valence-corrected chi connectivity index (χ4v) is 4.12. The molecule has 0 saturated heterocycles. The molecule has 2 heterocycles. The second-order valence-corrected chi connectivity index (χ2v) is 7.80. The SMILES string of the molecule is O=C1c2oc3ccc(Cl)cc3c(=O)c2C(c2ccc(O)cc2)N1Cc1ccc(F)cc1. The number of phenolic OH excluding ortho intramolecular Hbond substituents is 1. The predicted octanol–water partition coefficient (Wildman–Crippen LogP) is 5.04. The van der Waals surface area contributed by atoms with Gasteiger partial charge in [-0.1, -0.05) is 35.9 Å². The molecule has 4 aromatic rings. The van der Waals surface area contributed by atoms with Gasteiger partial charge in [0.2, 0.25) is 5.76 Å². The number of hydrogen-bond acceptors (Lipinski definition) is 4. The maximum Gasteiger partial charge on any atom is 0.291 e. The Kier molecular flexibility index (Phi) is 4.52. The Morgan fingerprint density at radius 3 is 2.42 bits per heavy atom. The van der Waals surface area contributed by atoms with Crippen LogP contribution >= 0.6 is 11.6 Å². The van der Waals surface area contributed by atoms with E-state index in [1.165, 1.54) is 35.2 Å². The highest BCUT2D eigenvalue weighted by atomic mass is 35.5. The van der Waals surface area contributed by atoms with Crippen molar-refractivity contribution in [3.05, 3.63) is 110 Å². The van der Waals surface area contributed by atoms with Gasteiger partial charge in [-0.2, -0.15) is 0 Å². The molecule has 1 aromatic heterocycles. The predicted molar refractivity (Wildman–Crippen MR) is 114 cm³/mol. The van der Waals surface area contributed by atoms with Gasteiger partial charge in [0, 0.05) is 11.6 Å². The van der Waals surface area contributed by atoms with Crippen molar-refractivity contribution in [3.63, 3.8) is 0 Å². The molecule has 0 aliphatic carbocycles. The van der Waals surface area contributed by atoms with Crippen LogP contribution in [0.1, 0.15) is 33.3 Å². The van der Waals surface area contributed by atoms with E-state index in [0.29, 0.717) is 16.1 Å². The van der Waals surface area contributed by atoms with E-state index >= 15 is 0 Å². The number of phenols is 1. The van der Waals surface area contributed by atoms with E-state index in [-0.39, 0.29) is 45.8 Å². The lowest BCUT2D eigenvalue weighted by Gasteiger charge is -2.25. The monoisotopic (exact) mass is 435 g/mol. The summed E-state index contributed by atoms with van der Waals surface area (Å²) in [6.45, 7) is 0.144. The van der Waals surface area contributed by atoms with Crippen LogP contribution in [0.2, 0.25) is 5.02 Å². The average molecular weight is 436 g/mol. The Morgan fingerprint density at radius 1 is 1.00 bits per heavy atom. The maximum absolute atomic E-state index is 13.4. The van der Waals surface area contributed by atoms with Crippen LogP contribution in [-0.4, -0.2) is 15.9 Å². The molecular formula is C24H15ClFNO4. The number of halogens is 2. The van der Waals surface area contributed by atoms with E-state index in [1.807, 2.05) is 0 Å². The molecule has 1 atom stereocenters. The molecule has 0 saturated carbocycles. The Morgan fingerprint density at radius 2 is 1.71 bits per heavy atom. The molecule has 31 heavy (non-hydrogen) atoms. The van der Waals surface area contributed by atoms with E-state index in [9.17, 15) is 19.1 Å². The number of rotatable bonds is 3. The van der Waals surface area contributed by atoms with Crippen molar-refractivity contribution in [2.24, 2.45) is 0 Å². The van der Waals surface area contributed by atoms with Gasteiger partial charge in [0.05, 0.1) is 17.0 Å². The van der Waals surface area contributed by atoms with Crippen LogP contribution in [0.3, 0.4) is 0 Å². The summed E-state index contributed by atoms with van der Waals surface area (Å²) in [7, 11) is 0. The first-order chi connectivity index (χ1) is 14.9. The Balaban J connectivity index is 1.72. The fraction of sp³-hybridized carbons (Fsp3) is 0.0833. The van der Waals surface area contributed by atoms with Crippen molar-refractivity contribution in [3.8, 4) is 5.75 Å². The molecule has 0 bridgehead atoms. The molecule has 0 spiro atoms. The number of benzene rings is 3. The quantitative estimate of drug-likeness (QED) is 0.489. The molecule has 3 aromatic carbocycles. The van der Waals surface area contributed by atoms with Crippen LogP contribution in [0.15, 0.2) is 75.9 Å². The average Bonchev–Trinajstić information content (AvgIpc) is 3.03. The zero-order chi connectivity index (χ0) is 21.7. The first kappa shape index (κ1) is 19.3. The van der Waals surface area contributed by atoms with E-state index in [4.69, 9.17) is 16.0 Å². The fourth-order valence-electron chi connectivity index (χ4n) is 3.95. The lowest BCUT2D eigenvalue weighted by Crippen LogP contribution is -2.29. The summed E-state index contributed by atoms with van der Waals surface area (Å²) in [6, 6.07) is 16.0. The minimum atomic E-state index is -0.729. The van der Waals surface area contributed by atoms with Crippen LogP contribution in [0.25, 0.3) is 11.0 Å². The van der Waals surface area contributed by atoms with Crippen LogP contribution < -0.4 is 5.43 Å². The molecule has 1 N–H and O–H groups in total. The van der Waals surface area contributed by atoms with Crippen LogP contribution in [0.4, 0.5) is 4.39 Å². The highest BCUT2D eigenvalue weighted by Gasteiger charge is 2.42. The first-order valence-corrected chi connectivity index (χ1v) is 9.91. The number of carbonyl (C=O) groups is 1. The number of carbonyl (C=O) groups excluding carboxylic acids is 1. The molecule has 7 heteroatoms. The molecule has 1 amide bonds. The summed E-state index contributed by atoms with van der Waals surface area (Å²) in [6.07, 6.45) is 0. The van der Waals surface area contributed by atoms with Gasteiger partial charge >= 0.3 is 0 Å². The highest BCUT2D eigenvalue weighted by Crippen LogP contribution is 2.39. The number of amides is 1. The van der Waals surface area contributed by atoms with Gasteiger partial charge in [0.25, 0.3) is 5.91 Å². The van der Waals surface area contributed by atoms with Crippen LogP contribution in [0, 0.1) is 5.82 Å². The molecule has 5 nitrogen and oxygen atoms in total. The number of fused-ring (bicyclic) bond motifs is 2. The Labute approximate surface area is 180 Å². The largest absolute Gasteiger partial charge is 0.508 e. The zero-order valence-corrected chi connectivity index (χ0v) is 16.8. The van der Waals surface area contributed by atoms with Gasteiger partial charge in [-0.05, 0) is 53.6 Å². The normalized spacial score (nSPS) is 15.5. The van der Waals surface area contributed by atoms with Crippen molar-refractivity contribution in [1.29, 1.82) is 0 Å². The molecule has 1 unspecified atom stereocenters. The summed E-state index contributed by atoms with van der Waals surface area (Å²) >= 11 is 6.07. The van der Waals surface area contributed by atoms with Gasteiger partial charge in [0.15, 0.2) is 5.43 Å². The number of aromatic hydroxyl groups is 1. The first-order valence-electron chi connectivity index (χ1n) is 9.53. The summed E-state index contributed by atoms with van der Waals surface area (Å²) in [5.74, 6) is -0.781. The van der Waals surface area contributed by atoms with Crippen molar-refractivity contribution in [1.82, 2.24) is 4.90 Å². The van der Waals surface area contributed by atoms with Crippen molar-refractivity contribution in [2.75, 3.05) is 0 Å². The van der Waals surface area contributed by atoms with E-state index in [0.717, 1.165) is 0 Å². The smallest absolute Gasteiger partial charge is 0.291 e. The second-order valence-electron chi connectivity index (χ2n) is 7.37. The topological polar surface area (TPSA) is 70.8 Å². The molecule has 154 valence electrons. The van der Waals surface area contributed by atoms with Crippen LogP contribution in [-0.2, 0) is 6.54 Å². The van der Waals surface area contributed by atoms with Crippen molar-refractivity contribution >= 4 is 28.5 Å². The summed E-state index contributed by atoms with van der Waals surface area (Å²) < 4.78 is 19.2. The maximum atomic E-state index is 13.4. The third-order valence-corrected chi connectivity index (χ3v) is 5.64. The molecule has 0 radical (unpaired) electrons. The van der Waals surface area contributed by atoms with Gasteiger partial charge in [-0.3, -0.25) is 9.59 Å². The van der Waals surface area contributed by atoms with E-state index in [2.05, 4.69) is 0 Å². The highest BCUT2D eigenvalue weighted by molar-refractivity contribution is 6.31.